The van der Waals surface area contributed by atoms with Gasteiger partial charge in [0.25, 0.3) is 0 Å². The molecule has 1 fully saturated rings. The van der Waals surface area contributed by atoms with Gasteiger partial charge in [0.2, 0.25) is 0 Å². The number of methoxy groups -OCH3 is 1. The van der Waals surface area contributed by atoms with Crippen molar-refractivity contribution in [3.63, 3.8) is 0 Å². The third kappa shape index (κ3) is 5.21. The van der Waals surface area contributed by atoms with Gasteiger partial charge in [-0.25, -0.2) is 0 Å². The van der Waals surface area contributed by atoms with E-state index in [1.165, 1.54) is 18.4 Å². The van der Waals surface area contributed by atoms with Crippen LogP contribution in [0.5, 0.6) is 5.75 Å². The minimum atomic E-state index is 0.316. The van der Waals surface area contributed by atoms with Crippen LogP contribution in [0.2, 0.25) is 0 Å². The summed E-state index contributed by atoms with van der Waals surface area (Å²) in [5.74, 6) is 0.893. The molecule has 1 aromatic rings. The summed E-state index contributed by atoms with van der Waals surface area (Å²) in [7, 11) is 1.69. The Balaban J connectivity index is 1.78. The molecule has 1 unspecified atom stereocenters. The summed E-state index contributed by atoms with van der Waals surface area (Å²) in [6.45, 7) is 3.84. The third-order valence-corrected chi connectivity index (χ3v) is 3.44. The van der Waals surface area contributed by atoms with E-state index in [2.05, 4.69) is 18.3 Å². The molecule has 1 aliphatic rings. The van der Waals surface area contributed by atoms with Gasteiger partial charge in [-0.2, -0.15) is 0 Å². The fourth-order valence-corrected chi connectivity index (χ4v) is 2.13. The normalized spacial score (nSPS) is 16.3. The lowest BCUT2D eigenvalue weighted by Gasteiger charge is -2.18. The Kier molecular flexibility index (Phi) is 5.67. The Hall–Kier alpha value is -1.06. The largest absolute Gasteiger partial charge is 0.497 e. The molecule has 1 atom stereocenters. The van der Waals surface area contributed by atoms with Crippen LogP contribution >= 0.6 is 0 Å². The molecule has 0 saturated heterocycles. The SMILES string of the molecule is CCCC(CNC1CC1)OCc1cccc(OC)c1. The van der Waals surface area contributed by atoms with E-state index in [4.69, 9.17) is 9.47 Å². The van der Waals surface area contributed by atoms with Crippen molar-refractivity contribution >= 4 is 0 Å². The lowest BCUT2D eigenvalue weighted by molar-refractivity contribution is 0.0345. The van der Waals surface area contributed by atoms with Crippen LogP contribution in [0.25, 0.3) is 0 Å². The maximum Gasteiger partial charge on any atom is 0.119 e. The Morgan fingerprint density at radius 2 is 2.21 bits per heavy atom. The van der Waals surface area contributed by atoms with Gasteiger partial charge in [0.15, 0.2) is 0 Å². The molecule has 3 nitrogen and oxygen atoms in total. The van der Waals surface area contributed by atoms with Crippen molar-refractivity contribution in [3.8, 4) is 5.75 Å². The predicted molar refractivity (Wildman–Crippen MR) is 77.5 cm³/mol. The van der Waals surface area contributed by atoms with Gasteiger partial charge in [-0.1, -0.05) is 25.5 Å². The first-order valence-electron chi connectivity index (χ1n) is 7.29. The molecule has 0 spiro atoms. The van der Waals surface area contributed by atoms with Gasteiger partial charge in [0.05, 0.1) is 19.8 Å². The van der Waals surface area contributed by atoms with Gasteiger partial charge in [0.1, 0.15) is 5.75 Å². The lowest BCUT2D eigenvalue weighted by atomic mass is 10.2. The van der Waals surface area contributed by atoms with Crippen molar-refractivity contribution in [1.82, 2.24) is 5.32 Å². The first-order valence-corrected chi connectivity index (χ1v) is 7.29. The minimum Gasteiger partial charge on any atom is -0.497 e. The number of hydrogen-bond acceptors (Lipinski definition) is 3. The van der Waals surface area contributed by atoms with E-state index in [9.17, 15) is 0 Å². The summed E-state index contributed by atoms with van der Waals surface area (Å²) < 4.78 is 11.3. The summed E-state index contributed by atoms with van der Waals surface area (Å²) in [5, 5.41) is 3.55. The van der Waals surface area contributed by atoms with Crippen LogP contribution < -0.4 is 10.1 Å². The van der Waals surface area contributed by atoms with Crippen LogP contribution in [0.15, 0.2) is 24.3 Å². The van der Waals surface area contributed by atoms with Gasteiger partial charge in [-0.15, -0.1) is 0 Å². The predicted octanol–water partition coefficient (Wildman–Crippen LogP) is 3.13. The molecule has 0 aliphatic heterocycles. The fraction of sp³-hybridized carbons (Fsp3) is 0.625. The second kappa shape index (κ2) is 7.51. The lowest BCUT2D eigenvalue weighted by Crippen LogP contribution is -2.30. The van der Waals surface area contributed by atoms with Crippen LogP contribution in [0.1, 0.15) is 38.2 Å². The maximum atomic E-state index is 6.03. The van der Waals surface area contributed by atoms with Crippen LogP contribution in [-0.2, 0) is 11.3 Å². The number of rotatable bonds is 9. The van der Waals surface area contributed by atoms with Crippen molar-refractivity contribution in [2.24, 2.45) is 0 Å². The van der Waals surface area contributed by atoms with Gasteiger partial charge in [-0.05, 0) is 37.0 Å². The molecular weight excluding hydrogens is 238 g/mol. The standard InChI is InChI=1S/C16H25NO2/c1-3-5-16(11-17-14-8-9-14)19-12-13-6-4-7-15(10-13)18-2/h4,6-7,10,14,16-17H,3,5,8-9,11-12H2,1-2H3. The highest BCUT2D eigenvalue weighted by molar-refractivity contribution is 5.27. The second-order valence-electron chi connectivity index (χ2n) is 5.26. The average Bonchev–Trinajstić information content (AvgIpc) is 3.26. The van der Waals surface area contributed by atoms with E-state index in [1.54, 1.807) is 7.11 Å². The minimum absolute atomic E-state index is 0.316. The van der Waals surface area contributed by atoms with Crippen LogP contribution in [0.3, 0.4) is 0 Å². The summed E-state index contributed by atoms with van der Waals surface area (Å²) >= 11 is 0. The molecule has 0 radical (unpaired) electrons. The zero-order valence-corrected chi connectivity index (χ0v) is 12.0. The Bertz CT molecular complexity index is 377. The van der Waals surface area contributed by atoms with Crippen LogP contribution in [0.4, 0.5) is 0 Å². The molecule has 19 heavy (non-hydrogen) atoms. The Morgan fingerprint density at radius 3 is 2.89 bits per heavy atom. The van der Waals surface area contributed by atoms with Gasteiger partial charge < -0.3 is 14.8 Å². The second-order valence-corrected chi connectivity index (χ2v) is 5.26. The van der Waals surface area contributed by atoms with Crippen molar-refractivity contribution in [3.05, 3.63) is 29.8 Å². The molecule has 1 aliphatic carbocycles. The first-order chi connectivity index (χ1) is 9.31. The van der Waals surface area contributed by atoms with Gasteiger partial charge >= 0.3 is 0 Å². The molecular formula is C16H25NO2. The highest BCUT2D eigenvalue weighted by Crippen LogP contribution is 2.19. The van der Waals surface area contributed by atoms with E-state index < -0.39 is 0 Å². The molecule has 1 N–H and O–H groups in total. The van der Waals surface area contributed by atoms with Crippen molar-refractivity contribution in [2.45, 2.75) is 51.4 Å². The number of hydrogen-bond donors (Lipinski definition) is 1. The van der Waals surface area contributed by atoms with Crippen molar-refractivity contribution in [1.29, 1.82) is 0 Å². The third-order valence-electron chi connectivity index (χ3n) is 3.44. The quantitative estimate of drug-likeness (QED) is 0.742. The smallest absolute Gasteiger partial charge is 0.119 e. The Morgan fingerprint density at radius 1 is 1.37 bits per heavy atom. The Labute approximate surface area is 116 Å². The molecule has 2 rings (SSSR count). The molecule has 0 amide bonds. The molecule has 0 aromatic heterocycles. The topological polar surface area (TPSA) is 30.5 Å². The number of ether oxygens (including phenoxy) is 2. The number of nitrogens with one attached hydrogen (secondary N) is 1. The maximum absolute atomic E-state index is 6.03. The van der Waals surface area contributed by atoms with E-state index in [0.717, 1.165) is 31.2 Å². The molecule has 1 saturated carbocycles. The van der Waals surface area contributed by atoms with Gasteiger partial charge in [0, 0.05) is 12.6 Å². The zero-order chi connectivity index (χ0) is 13.5. The van der Waals surface area contributed by atoms with E-state index >= 15 is 0 Å². The molecule has 1 aromatic carbocycles. The highest BCUT2D eigenvalue weighted by Gasteiger charge is 2.21. The molecule has 0 bridgehead atoms. The number of benzene rings is 1. The summed E-state index contributed by atoms with van der Waals surface area (Å²) in [4.78, 5) is 0. The van der Waals surface area contributed by atoms with Crippen molar-refractivity contribution < 1.29 is 9.47 Å². The summed E-state index contributed by atoms with van der Waals surface area (Å²) in [5.41, 5.74) is 1.17. The summed E-state index contributed by atoms with van der Waals surface area (Å²) in [6, 6.07) is 8.84. The van der Waals surface area contributed by atoms with E-state index in [1.807, 2.05) is 18.2 Å². The molecule has 3 heteroatoms. The molecule has 0 heterocycles. The van der Waals surface area contributed by atoms with Gasteiger partial charge in [-0.3, -0.25) is 0 Å². The highest BCUT2D eigenvalue weighted by atomic mass is 16.5. The van der Waals surface area contributed by atoms with Crippen LogP contribution in [0, 0.1) is 0 Å². The van der Waals surface area contributed by atoms with Crippen LogP contribution in [-0.4, -0.2) is 25.8 Å². The average molecular weight is 263 g/mol. The fourth-order valence-electron chi connectivity index (χ4n) is 2.13. The van der Waals surface area contributed by atoms with E-state index in [0.29, 0.717) is 12.7 Å². The summed E-state index contributed by atoms with van der Waals surface area (Å²) in [6.07, 6.45) is 5.25. The molecule has 106 valence electrons. The zero-order valence-electron chi connectivity index (χ0n) is 12.0. The first kappa shape index (κ1) is 14.4. The van der Waals surface area contributed by atoms with E-state index in [-0.39, 0.29) is 0 Å². The van der Waals surface area contributed by atoms with Crippen molar-refractivity contribution in [2.75, 3.05) is 13.7 Å². The monoisotopic (exact) mass is 263 g/mol.